The zero-order chi connectivity index (χ0) is 18.6. The van der Waals surface area contributed by atoms with E-state index in [1.165, 1.54) is 19.3 Å². The van der Waals surface area contributed by atoms with E-state index in [0.29, 0.717) is 23.6 Å². The zero-order valence-electron chi connectivity index (χ0n) is 15.1. The number of hydrogen-bond donors (Lipinski definition) is 3. The van der Waals surface area contributed by atoms with Gasteiger partial charge in [-0.1, -0.05) is 50.8 Å². The van der Waals surface area contributed by atoms with Crippen LogP contribution < -0.4 is 16.0 Å². The molecule has 6 heteroatoms. The number of hydrogen-bond acceptors (Lipinski definition) is 3. The molecule has 0 saturated carbocycles. The molecule has 2 aromatic rings. The smallest absolute Gasteiger partial charge is 0.319 e. The van der Waals surface area contributed by atoms with Crippen LogP contribution in [0.4, 0.5) is 16.3 Å². The summed E-state index contributed by atoms with van der Waals surface area (Å²) >= 11 is 0. The highest BCUT2D eigenvalue weighted by Crippen LogP contribution is 2.16. The minimum Gasteiger partial charge on any atom is -0.338 e. The molecule has 0 aliphatic carbocycles. The fraction of sp³-hybridized carbons (Fsp3) is 0.350. The number of carbonyl (C=O) groups is 2. The summed E-state index contributed by atoms with van der Waals surface area (Å²) in [7, 11) is 0. The average molecular weight is 354 g/mol. The first kappa shape index (κ1) is 19.4. The number of pyridine rings is 1. The summed E-state index contributed by atoms with van der Waals surface area (Å²) in [5.41, 5.74) is 0.848. The lowest BCUT2D eigenvalue weighted by Gasteiger charge is -2.12. The van der Waals surface area contributed by atoms with E-state index in [2.05, 4.69) is 27.9 Å². The van der Waals surface area contributed by atoms with Gasteiger partial charge in [-0.2, -0.15) is 0 Å². The van der Waals surface area contributed by atoms with Crippen molar-refractivity contribution >= 4 is 23.4 Å². The molecule has 0 atom stereocenters. The van der Waals surface area contributed by atoms with E-state index < -0.39 is 0 Å². The maximum absolute atomic E-state index is 12.5. The molecule has 1 aromatic carbocycles. The molecule has 0 bridgehead atoms. The molecular formula is C20H26N4O2. The minimum absolute atomic E-state index is 0.307. The van der Waals surface area contributed by atoms with Crippen LogP contribution in [0.2, 0.25) is 0 Å². The average Bonchev–Trinajstić information content (AvgIpc) is 2.66. The maximum Gasteiger partial charge on any atom is 0.319 e. The van der Waals surface area contributed by atoms with E-state index in [1.807, 2.05) is 0 Å². The topological polar surface area (TPSA) is 83.1 Å². The number of rotatable bonds is 9. The quantitative estimate of drug-likeness (QED) is 0.583. The van der Waals surface area contributed by atoms with Crippen LogP contribution in [-0.4, -0.2) is 23.5 Å². The number of aromatic nitrogens is 1. The maximum atomic E-state index is 12.5. The highest BCUT2D eigenvalue weighted by atomic mass is 16.2. The number of para-hydroxylation sites is 1. The molecule has 1 aromatic heterocycles. The Hall–Kier alpha value is -2.89. The summed E-state index contributed by atoms with van der Waals surface area (Å²) in [5.74, 6) is 0.142. The lowest BCUT2D eigenvalue weighted by molar-refractivity contribution is 0.102. The van der Waals surface area contributed by atoms with Crippen LogP contribution in [0.15, 0.2) is 48.7 Å². The van der Waals surface area contributed by atoms with E-state index in [4.69, 9.17) is 0 Å². The molecule has 2 rings (SSSR count). The number of nitrogens with zero attached hydrogens (tertiary/aromatic N) is 1. The van der Waals surface area contributed by atoms with Gasteiger partial charge in [-0.05, 0) is 30.7 Å². The summed E-state index contributed by atoms with van der Waals surface area (Å²) in [4.78, 5) is 28.6. The number of urea groups is 1. The number of unbranched alkanes of at least 4 members (excludes halogenated alkanes) is 4. The minimum atomic E-state index is -0.320. The van der Waals surface area contributed by atoms with Gasteiger partial charge < -0.3 is 16.0 Å². The van der Waals surface area contributed by atoms with Crippen molar-refractivity contribution in [2.75, 3.05) is 17.2 Å². The van der Waals surface area contributed by atoms with Crippen molar-refractivity contribution in [2.24, 2.45) is 0 Å². The Morgan fingerprint density at radius 2 is 1.69 bits per heavy atom. The summed E-state index contributed by atoms with van der Waals surface area (Å²) < 4.78 is 0. The molecule has 0 aliphatic rings. The van der Waals surface area contributed by atoms with Crippen LogP contribution >= 0.6 is 0 Å². The highest BCUT2D eigenvalue weighted by molar-refractivity contribution is 6.09. The highest BCUT2D eigenvalue weighted by Gasteiger charge is 2.13. The Morgan fingerprint density at radius 1 is 0.923 bits per heavy atom. The molecule has 0 saturated heterocycles. The molecule has 0 unspecified atom stereocenters. The van der Waals surface area contributed by atoms with Crippen molar-refractivity contribution in [2.45, 2.75) is 39.0 Å². The van der Waals surface area contributed by atoms with Crippen LogP contribution in [-0.2, 0) is 0 Å². The van der Waals surface area contributed by atoms with Crippen molar-refractivity contribution in [3.63, 3.8) is 0 Å². The van der Waals surface area contributed by atoms with Crippen molar-refractivity contribution < 1.29 is 9.59 Å². The van der Waals surface area contributed by atoms with Gasteiger partial charge in [0.25, 0.3) is 5.91 Å². The van der Waals surface area contributed by atoms with Crippen LogP contribution in [0, 0.1) is 0 Å². The second kappa shape index (κ2) is 10.9. The van der Waals surface area contributed by atoms with Gasteiger partial charge in [0, 0.05) is 12.7 Å². The zero-order valence-corrected chi connectivity index (χ0v) is 15.1. The molecule has 0 spiro atoms. The largest absolute Gasteiger partial charge is 0.338 e. The normalized spacial score (nSPS) is 10.2. The molecule has 0 fully saturated rings. The lowest BCUT2D eigenvalue weighted by atomic mass is 10.1. The van der Waals surface area contributed by atoms with Gasteiger partial charge in [0.05, 0.1) is 11.3 Å². The second-order valence-electron chi connectivity index (χ2n) is 6.01. The number of benzene rings is 1. The van der Waals surface area contributed by atoms with Crippen LogP contribution in [0.3, 0.4) is 0 Å². The fourth-order valence-electron chi connectivity index (χ4n) is 2.51. The molecule has 3 amide bonds. The third-order valence-corrected chi connectivity index (χ3v) is 3.89. The van der Waals surface area contributed by atoms with Gasteiger partial charge in [0.15, 0.2) is 0 Å². The van der Waals surface area contributed by atoms with Crippen LogP contribution in [0.25, 0.3) is 0 Å². The van der Waals surface area contributed by atoms with Crippen LogP contribution in [0.5, 0.6) is 0 Å². The first-order valence-corrected chi connectivity index (χ1v) is 9.07. The predicted octanol–water partition coefficient (Wildman–Crippen LogP) is 4.43. The summed E-state index contributed by atoms with van der Waals surface area (Å²) in [6.45, 7) is 2.80. The van der Waals surface area contributed by atoms with Gasteiger partial charge in [0.1, 0.15) is 5.82 Å². The lowest BCUT2D eigenvalue weighted by Crippen LogP contribution is -2.30. The van der Waals surface area contributed by atoms with E-state index in [0.717, 1.165) is 12.8 Å². The third-order valence-electron chi connectivity index (χ3n) is 3.89. The summed E-state index contributed by atoms with van der Waals surface area (Å²) in [6.07, 6.45) is 7.28. The molecule has 26 heavy (non-hydrogen) atoms. The number of carbonyl (C=O) groups excluding carboxylic acids is 2. The number of anilines is 2. The predicted molar refractivity (Wildman–Crippen MR) is 104 cm³/mol. The van der Waals surface area contributed by atoms with E-state index in [-0.39, 0.29) is 11.9 Å². The Kier molecular flexibility index (Phi) is 8.12. The van der Waals surface area contributed by atoms with Crippen molar-refractivity contribution in [3.05, 3.63) is 54.2 Å². The molecular weight excluding hydrogens is 328 g/mol. The molecule has 1 heterocycles. The number of nitrogens with one attached hydrogen (secondary N) is 3. The Labute approximate surface area is 154 Å². The second-order valence-corrected chi connectivity index (χ2v) is 6.01. The monoisotopic (exact) mass is 354 g/mol. The van der Waals surface area contributed by atoms with Gasteiger partial charge in [0.2, 0.25) is 0 Å². The molecule has 0 aliphatic heterocycles. The number of amides is 3. The van der Waals surface area contributed by atoms with E-state index in [1.54, 1.807) is 48.7 Å². The molecule has 0 radical (unpaired) electrons. The third kappa shape index (κ3) is 6.55. The Morgan fingerprint density at radius 3 is 2.46 bits per heavy atom. The van der Waals surface area contributed by atoms with Crippen molar-refractivity contribution in [1.29, 1.82) is 0 Å². The summed E-state index contributed by atoms with van der Waals surface area (Å²) in [6, 6.07) is 11.9. The molecule has 3 N–H and O–H groups in total. The Bertz CT molecular complexity index is 704. The Balaban J connectivity index is 1.87. The van der Waals surface area contributed by atoms with Gasteiger partial charge in [-0.25, -0.2) is 9.78 Å². The standard InChI is InChI=1S/C20H26N4O2/c1-2-3-4-5-9-15-22-20(26)23-17-12-7-6-11-16(17)19(25)24-18-13-8-10-14-21-18/h6-8,10-14H,2-5,9,15H2,1H3,(H,21,24,25)(H2,22,23,26). The van der Waals surface area contributed by atoms with E-state index >= 15 is 0 Å². The van der Waals surface area contributed by atoms with Gasteiger partial charge in [-0.3, -0.25) is 4.79 Å². The van der Waals surface area contributed by atoms with E-state index in [9.17, 15) is 9.59 Å². The van der Waals surface area contributed by atoms with Crippen LogP contribution in [0.1, 0.15) is 49.4 Å². The fourth-order valence-corrected chi connectivity index (χ4v) is 2.51. The van der Waals surface area contributed by atoms with Gasteiger partial charge in [-0.15, -0.1) is 0 Å². The first-order valence-electron chi connectivity index (χ1n) is 9.07. The van der Waals surface area contributed by atoms with Crippen molar-refractivity contribution in [3.8, 4) is 0 Å². The molecule has 6 nitrogen and oxygen atoms in total. The van der Waals surface area contributed by atoms with Gasteiger partial charge >= 0.3 is 6.03 Å². The first-order chi connectivity index (χ1) is 12.7. The molecule has 138 valence electrons. The van der Waals surface area contributed by atoms with Crippen molar-refractivity contribution in [1.82, 2.24) is 10.3 Å². The summed E-state index contributed by atoms with van der Waals surface area (Å²) in [5, 5.41) is 8.30. The SMILES string of the molecule is CCCCCCCNC(=O)Nc1ccccc1C(=O)Nc1ccccn1.